The minimum absolute atomic E-state index is 0.114. The number of aliphatic hydroxyl groups is 6. The molecule has 3 rings (SSSR count). The summed E-state index contributed by atoms with van der Waals surface area (Å²) < 4.78 is 35.7. The molecule has 264 valence electrons. The van der Waals surface area contributed by atoms with Crippen LogP contribution in [0, 0.1) is 0 Å². The Bertz CT molecular complexity index is 1020. The molecule has 0 amide bonds. The van der Waals surface area contributed by atoms with Gasteiger partial charge in [0.15, 0.2) is 12.6 Å². The molecule has 18 heteroatoms. The summed E-state index contributed by atoms with van der Waals surface area (Å²) in [7, 11) is 0. The molecule has 2 aliphatic heterocycles. The average Bonchev–Trinajstić information content (AvgIpc) is 3.50. The van der Waals surface area contributed by atoms with E-state index in [4.69, 9.17) is 34.0 Å². The number of hydrogen-bond donors (Lipinski definition) is 6. The Morgan fingerprint density at radius 1 is 0.848 bits per heavy atom. The van der Waals surface area contributed by atoms with Crippen LogP contribution in [-0.2, 0) is 41.6 Å². The van der Waals surface area contributed by atoms with Crippen molar-refractivity contribution >= 4 is 0 Å². The molecule has 1 aromatic rings. The monoisotopic (exact) mass is 662 g/mol. The predicted octanol–water partition coefficient (Wildman–Crippen LogP) is -0.481. The first-order valence-corrected chi connectivity index (χ1v) is 15.9. The highest BCUT2D eigenvalue weighted by Crippen LogP contribution is 2.29. The largest absolute Gasteiger partial charge is 0.388 e. The lowest BCUT2D eigenvalue weighted by Gasteiger charge is -2.44. The average molecular weight is 663 g/mol. The predicted molar refractivity (Wildman–Crippen MR) is 158 cm³/mol. The quantitative estimate of drug-likeness (QED) is 0.0421. The molecule has 2 saturated heterocycles. The van der Waals surface area contributed by atoms with Crippen LogP contribution in [0.5, 0.6) is 0 Å². The second-order valence-electron chi connectivity index (χ2n) is 11.5. The first-order valence-electron chi connectivity index (χ1n) is 15.9. The molecular weight excluding hydrogens is 612 g/mol. The Balaban J connectivity index is 1.57. The maximum atomic E-state index is 10.6. The zero-order chi connectivity index (χ0) is 33.5. The van der Waals surface area contributed by atoms with E-state index < -0.39 is 61.4 Å². The van der Waals surface area contributed by atoms with Gasteiger partial charge in [0.2, 0.25) is 0 Å². The number of ether oxygens (including phenoxy) is 6. The van der Waals surface area contributed by atoms with Crippen molar-refractivity contribution in [2.75, 3.05) is 33.0 Å². The summed E-state index contributed by atoms with van der Waals surface area (Å²) in [5.41, 5.74) is 9.06. The molecule has 18 nitrogen and oxygen atoms in total. The van der Waals surface area contributed by atoms with Gasteiger partial charge >= 0.3 is 0 Å². The fraction of sp³-hybridized carbons (Fsp3) is 0.929. The molecule has 0 radical (unpaired) electrons. The van der Waals surface area contributed by atoms with Crippen LogP contribution >= 0.6 is 0 Å². The molecule has 6 N–H and O–H groups in total. The van der Waals surface area contributed by atoms with Crippen LogP contribution in [0.15, 0.2) is 11.3 Å². The molecule has 0 aromatic carbocycles. The SMILES string of the molecule is CCCCCOCC(COCCCCC)OCc1cn(CC2O[C@H](O[C@H]3OC(CN=[N+]=[N-])[C@@H](O)C(O)C3O)C(O)C(O)[C@@H]2O)nn1. The van der Waals surface area contributed by atoms with E-state index in [1.54, 1.807) is 6.20 Å². The normalized spacial score (nSPS) is 31.7. The highest BCUT2D eigenvalue weighted by Gasteiger charge is 2.49. The summed E-state index contributed by atoms with van der Waals surface area (Å²) in [5.74, 6) is 0. The number of hydrogen-bond acceptors (Lipinski definition) is 15. The Kier molecular flexibility index (Phi) is 17.0. The fourth-order valence-corrected chi connectivity index (χ4v) is 4.97. The van der Waals surface area contributed by atoms with Crippen LogP contribution in [-0.4, -0.2) is 146 Å². The fourth-order valence-electron chi connectivity index (χ4n) is 4.97. The summed E-state index contributed by atoms with van der Waals surface area (Å²) in [6.07, 6.45) is -8.22. The standard InChI is InChI=1S/C28H50N6O12/c1-3-5-7-9-41-15-18(16-42-10-8-6-4-2)43-14-17-12-34(33-31-17)13-20-22(36)24(38)26(40)28(45-20)46-27-25(39)23(37)21(35)19(44-27)11-30-32-29/h12,18-28,35-40H,3-11,13-16H2,1-2H3/t19?,20?,21-,22-,23?,24?,25?,26?,27-,28-/m1/s1. The minimum Gasteiger partial charge on any atom is -0.388 e. The Morgan fingerprint density at radius 3 is 1.98 bits per heavy atom. The van der Waals surface area contributed by atoms with Crippen molar-refractivity contribution in [1.29, 1.82) is 0 Å². The third kappa shape index (κ3) is 11.6. The Labute approximate surface area is 267 Å². The van der Waals surface area contributed by atoms with Crippen LogP contribution in [0.3, 0.4) is 0 Å². The lowest BCUT2D eigenvalue weighted by molar-refractivity contribution is -0.373. The van der Waals surface area contributed by atoms with Crippen LogP contribution in [0.1, 0.15) is 58.1 Å². The van der Waals surface area contributed by atoms with Crippen molar-refractivity contribution < 1.29 is 59.1 Å². The zero-order valence-electron chi connectivity index (χ0n) is 26.4. The number of rotatable bonds is 21. The van der Waals surface area contributed by atoms with Gasteiger partial charge in [0.1, 0.15) is 54.5 Å². The number of aromatic nitrogens is 3. The molecule has 2 aliphatic rings. The van der Waals surface area contributed by atoms with E-state index in [9.17, 15) is 30.6 Å². The molecule has 2 fully saturated rings. The van der Waals surface area contributed by atoms with Gasteiger partial charge in [-0.05, 0) is 18.4 Å². The minimum atomic E-state index is -1.78. The van der Waals surface area contributed by atoms with Gasteiger partial charge in [-0.2, -0.15) is 0 Å². The molecule has 0 saturated carbocycles. The third-order valence-corrected chi connectivity index (χ3v) is 7.74. The van der Waals surface area contributed by atoms with E-state index in [0.717, 1.165) is 38.5 Å². The van der Waals surface area contributed by atoms with Crippen molar-refractivity contribution in [2.24, 2.45) is 5.11 Å². The molecule has 0 spiro atoms. The van der Waals surface area contributed by atoms with Gasteiger partial charge in [0, 0.05) is 18.1 Å². The molecule has 46 heavy (non-hydrogen) atoms. The lowest BCUT2D eigenvalue weighted by atomic mass is 9.97. The third-order valence-electron chi connectivity index (χ3n) is 7.74. The molecule has 0 aliphatic carbocycles. The van der Waals surface area contributed by atoms with Gasteiger partial charge in [0.25, 0.3) is 0 Å². The van der Waals surface area contributed by atoms with Crippen molar-refractivity contribution in [3.8, 4) is 0 Å². The summed E-state index contributed by atoms with van der Waals surface area (Å²) in [4.78, 5) is 2.58. The van der Waals surface area contributed by atoms with Crippen molar-refractivity contribution in [3.05, 3.63) is 22.3 Å². The summed E-state index contributed by atoms with van der Waals surface area (Å²) in [5, 5.41) is 73.9. The maximum absolute atomic E-state index is 10.6. The van der Waals surface area contributed by atoms with Gasteiger partial charge in [-0.3, -0.25) is 0 Å². The van der Waals surface area contributed by atoms with Crippen LogP contribution in [0.2, 0.25) is 0 Å². The maximum Gasteiger partial charge on any atom is 0.189 e. The second kappa shape index (κ2) is 20.4. The van der Waals surface area contributed by atoms with Crippen LogP contribution in [0.4, 0.5) is 0 Å². The Morgan fingerprint density at radius 2 is 1.41 bits per heavy atom. The highest BCUT2D eigenvalue weighted by atomic mass is 16.8. The van der Waals surface area contributed by atoms with Crippen LogP contribution in [0.25, 0.3) is 10.4 Å². The highest BCUT2D eigenvalue weighted by molar-refractivity contribution is 4.95. The van der Waals surface area contributed by atoms with Gasteiger partial charge in [-0.1, -0.05) is 49.9 Å². The van der Waals surface area contributed by atoms with Gasteiger partial charge in [-0.15, -0.1) is 5.10 Å². The number of nitrogens with zero attached hydrogens (tertiary/aromatic N) is 6. The smallest absolute Gasteiger partial charge is 0.189 e. The molecule has 10 atom stereocenters. The first-order chi connectivity index (χ1) is 22.2. The van der Waals surface area contributed by atoms with Gasteiger partial charge in [-0.25, -0.2) is 4.68 Å². The molecular formula is C28H50N6O12. The second-order valence-corrected chi connectivity index (χ2v) is 11.5. The van der Waals surface area contributed by atoms with Crippen molar-refractivity contribution in [2.45, 2.75) is 133 Å². The summed E-state index contributed by atoms with van der Waals surface area (Å²) in [6, 6.07) is 0. The van der Waals surface area contributed by atoms with Crippen molar-refractivity contribution in [1.82, 2.24) is 15.0 Å². The van der Waals surface area contributed by atoms with E-state index in [1.165, 1.54) is 4.68 Å². The Hall–Kier alpha value is -2.03. The number of azide groups is 1. The van der Waals surface area contributed by atoms with Gasteiger partial charge in [0.05, 0.1) is 45.2 Å². The summed E-state index contributed by atoms with van der Waals surface area (Å²) >= 11 is 0. The zero-order valence-corrected chi connectivity index (χ0v) is 26.4. The van der Waals surface area contributed by atoms with E-state index in [0.29, 0.717) is 32.1 Å². The van der Waals surface area contributed by atoms with E-state index >= 15 is 0 Å². The molecule has 6 unspecified atom stereocenters. The molecule has 0 bridgehead atoms. The molecule has 1 aromatic heterocycles. The first kappa shape index (κ1) is 38.4. The van der Waals surface area contributed by atoms with E-state index in [-0.39, 0.29) is 25.8 Å². The van der Waals surface area contributed by atoms with Crippen molar-refractivity contribution in [3.63, 3.8) is 0 Å². The van der Waals surface area contributed by atoms with E-state index in [1.807, 2.05) is 0 Å². The van der Waals surface area contributed by atoms with Crippen LogP contribution < -0.4 is 0 Å². The van der Waals surface area contributed by atoms with E-state index in [2.05, 4.69) is 34.2 Å². The number of aliphatic hydroxyl groups excluding tert-OH is 6. The van der Waals surface area contributed by atoms with Gasteiger partial charge < -0.3 is 59.1 Å². The summed E-state index contributed by atoms with van der Waals surface area (Å²) in [6.45, 7) is 5.90. The topological polar surface area (TPSA) is 256 Å². The lowest BCUT2D eigenvalue weighted by Crippen LogP contribution is -2.63. The molecule has 3 heterocycles. The number of unbranched alkanes of at least 4 members (excludes halogenated alkanes) is 4.